The second kappa shape index (κ2) is 6.26. The lowest BCUT2D eigenvalue weighted by Crippen LogP contribution is -2.29. The Hall–Kier alpha value is -1.79. The molecule has 3 aliphatic heterocycles. The standard InChI is InChI=1S/C18H24N2O4/c1-19(2)18(21)6-13-10-22-17-9-20(8-14(13)17)7-12-3-4-15-16(5-12)24-11-23-15/h3-5,13-14,17H,6-11H2,1-2H3/t13-,14-,17-/m1/s1. The van der Waals surface area contributed by atoms with E-state index in [1.807, 2.05) is 20.2 Å². The summed E-state index contributed by atoms with van der Waals surface area (Å²) < 4.78 is 16.8. The molecule has 1 aromatic carbocycles. The van der Waals surface area contributed by atoms with Gasteiger partial charge in [0.25, 0.3) is 0 Å². The Morgan fingerprint density at radius 3 is 2.92 bits per heavy atom. The second-order valence-electron chi connectivity index (χ2n) is 7.17. The number of rotatable bonds is 4. The van der Waals surface area contributed by atoms with Gasteiger partial charge in [0.15, 0.2) is 11.5 Å². The van der Waals surface area contributed by atoms with Crippen molar-refractivity contribution in [2.24, 2.45) is 11.8 Å². The predicted octanol–water partition coefficient (Wildman–Crippen LogP) is 1.34. The smallest absolute Gasteiger partial charge is 0.231 e. The molecule has 24 heavy (non-hydrogen) atoms. The first-order chi connectivity index (χ1) is 11.6. The van der Waals surface area contributed by atoms with Crippen molar-refractivity contribution in [1.29, 1.82) is 0 Å². The number of hydrogen-bond donors (Lipinski definition) is 0. The lowest BCUT2D eigenvalue weighted by atomic mass is 9.90. The van der Waals surface area contributed by atoms with Crippen molar-refractivity contribution in [3.63, 3.8) is 0 Å². The van der Waals surface area contributed by atoms with Crippen LogP contribution in [0.25, 0.3) is 0 Å². The number of nitrogens with zero attached hydrogens (tertiary/aromatic N) is 2. The minimum Gasteiger partial charge on any atom is -0.454 e. The third-order valence-electron chi connectivity index (χ3n) is 5.29. The number of carbonyl (C=O) groups excluding carboxylic acids is 1. The first-order valence-corrected chi connectivity index (χ1v) is 8.53. The molecule has 0 aliphatic carbocycles. The molecule has 0 saturated carbocycles. The first kappa shape index (κ1) is 15.7. The van der Waals surface area contributed by atoms with E-state index >= 15 is 0 Å². The molecule has 0 spiro atoms. The minimum absolute atomic E-state index is 0.193. The van der Waals surface area contributed by atoms with Crippen molar-refractivity contribution in [2.45, 2.75) is 19.1 Å². The van der Waals surface area contributed by atoms with Crippen LogP contribution in [0.4, 0.5) is 0 Å². The van der Waals surface area contributed by atoms with Crippen LogP contribution in [-0.2, 0) is 16.1 Å². The molecule has 0 unspecified atom stereocenters. The molecule has 6 nitrogen and oxygen atoms in total. The maximum absolute atomic E-state index is 12.0. The van der Waals surface area contributed by atoms with Crippen molar-refractivity contribution < 1.29 is 19.0 Å². The molecular weight excluding hydrogens is 308 g/mol. The maximum atomic E-state index is 12.0. The van der Waals surface area contributed by atoms with Crippen LogP contribution in [0.2, 0.25) is 0 Å². The quantitative estimate of drug-likeness (QED) is 0.833. The van der Waals surface area contributed by atoms with E-state index in [9.17, 15) is 4.79 Å². The molecule has 1 amide bonds. The van der Waals surface area contributed by atoms with Crippen molar-refractivity contribution >= 4 is 5.91 Å². The number of ether oxygens (including phenoxy) is 3. The van der Waals surface area contributed by atoms with Crippen molar-refractivity contribution in [3.05, 3.63) is 23.8 Å². The Morgan fingerprint density at radius 2 is 2.08 bits per heavy atom. The van der Waals surface area contributed by atoms with Crippen LogP contribution in [0.3, 0.4) is 0 Å². The van der Waals surface area contributed by atoms with Crippen LogP contribution < -0.4 is 9.47 Å². The lowest BCUT2D eigenvalue weighted by molar-refractivity contribution is -0.129. The molecule has 0 N–H and O–H groups in total. The zero-order chi connectivity index (χ0) is 16.7. The van der Waals surface area contributed by atoms with Gasteiger partial charge in [-0.15, -0.1) is 0 Å². The molecular formula is C18H24N2O4. The lowest BCUT2D eigenvalue weighted by Gasteiger charge is -2.20. The molecule has 0 bridgehead atoms. The fourth-order valence-corrected chi connectivity index (χ4v) is 3.92. The maximum Gasteiger partial charge on any atom is 0.231 e. The molecule has 2 saturated heterocycles. The van der Waals surface area contributed by atoms with Crippen molar-refractivity contribution in [1.82, 2.24) is 9.80 Å². The summed E-state index contributed by atoms with van der Waals surface area (Å²) in [5.74, 6) is 2.65. The van der Waals surface area contributed by atoms with Gasteiger partial charge in [-0.05, 0) is 23.6 Å². The van der Waals surface area contributed by atoms with E-state index in [0.29, 0.717) is 31.7 Å². The first-order valence-electron chi connectivity index (χ1n) is 8.53. The molecule has 4 rings (SSSR count). The summed E-state index contributed by atoms with van der Waals surface area (Å²) >= 11 is 0. The van der Waals surface area contributed by atoms with E-state index < -0.39 is 0 Å². The molecule has 0 aromatic heterocycles. The zero-order valence-electron chi connectivity index (χ0n) is 14.2. The van der Waals surface area contributed by atoms with Crippen LogP contribution in [0, 0.1) is 11.8 Å². The van der Waals surface area contributed by atoms with E-state index in [1.165, 1.54) is 5.56 Å². The Bertz CT molecular complexity index is 633. The van der Waals surface area contributed by atoms with E-state index in [0.717, 1.165) is 31.1 Å². The molecule has 0 radical (unpaired) electrons. The Kier molecular flexibility index (Phi) is 4.10. The van der Waals surface area contributed by atoms with Crippen molar-refractivity contribution in [3.8, 4) is 11.5 Å². The number of hydrogen-bond acceptors (Lipinski definition) is 5. The normalized spacial score (nSPS) is 28.2. The van der Waals surface area contributed by atoms with Crippen LogP contribution in [0.15, 0.2) is 18.2 Å². The van der Waals surface area contributed by atoms with Gasteiger partial charge in [0.1, 0.15) is 0 Å². The molecule has 3 atom stereocenters. The highest BCUT2D eigenvalue weighted by atomic mass is 16.7. The van der Waals surface area contributed by atoms with Crippen LogP contribution >= 0.6 is 0 Å². The van der Waals surface area contributed by atoms with E-state index in [4.69, 9.17) is 14.2 Å². The number of amides is 1. The highest BCUT2D eigenvalue weighted by Crippen LogP contribution is 2.37. The monoisotopic (exact) mass is 332 g/mol. The summed E-state index contributed by atoms with van der Waals surface area (Å²) in [6.45, 7) is 3.83. The third kappa shape index (κ3) is 2.96. The molecule has 1 aromatic rings. The van der Waals surface area contributed by atoms with Crippen LogP contribution in [0.5, 0.6) is 11.5 Å². The average molecular weight is 332 g/mol. The second-order valence-corrected chi connectivity index (χ2v) is 7.17. The molecule has 6 heteroatoms. The summed E-state index contributed by atoms with van der Waals surface area (Å²) in [4.78, 5) is 16.1. The van der Waals surface area contributed by atoms with Gasteiger partial charge in [0.05, 0.1) is 12.7 Å². The summed E-state index contributed by atoms with van der Waals surface area (Å²) in [6.07, 6.45) is 0.852. The molecule has 3 aliphatic rings. The minimum atomic E-state index is 0.193. The van der Waals surface area contributed by atoms with Gasteiger partial charge in [-0.25, -0.2) is 0 Å². The van der Waals surface area contributed by atoms with Gasteiger partial charge in [-0.3, -0.25) is 9.69 Å². The summed E-state index contributed by atoms with van der Waals surface area (Å²) in [5.41, 5.74) is 1.22. The summed E-state index contributed by atoms with van der Waals surface area (Å²) in [7, 11) is 3.63. The summed E-state index contributed by atoms with van der Waals surface area (Å²) in [5, 5.41) is 0. The van der Waals surface area contributed by atoms with E-state index in [-0.39, 0.29) is 12.0 Å². The molecule has 3 heterocycles. The number of fused-ring (bicyclic) bond motifs is 2. The van der Waals surface area contributed by atoms with Gasteiger partial charge in [0.2, 0.25) is 12.7 Å². The van der Waals surface area contributed by atoms with Crippen molar-refractivity contribution in [2.75, 3.05) is 40.6 Å². The highest BCUT2D eigenvalue weighted by molar-refractivity contribution is 5.75. The molecule has 2 fully saturated rings. The Labute approximate surface area is 142 Å². The fourth-order valence-electron chi connectivity index (χ4n) is 3.92. The topological polar surface area (TPSA) is 51.2 Å². The van der Waals surface area contributed by atoms with E-state index in [2.05, 4.69) is 17.0 Å². The van der Waals surface area contributed by atoms with Gasteiger partial charge >= 0.3 is 0 Å². The largest absolute Gasteiger partial charge is 0.454 e. The Morgan fingerprint density at radius 1 is 1.25 bits per heavy atom. The number of likely N-dealkylation sites (tertiary alicyclic amines) is 1. The zero-order valence-corrected chi connectivity index (χ0v) is 14.2. The van der Waals surface area contributed by atoms with Gasteiger partial charge in [-0.2, -0.15) is 0 Å². The van der Waals surface area contributed by atoms with Gasteiger partial charge < -0.3 is 19.1 Å². The van der Waals surface area contributed by atoms with E-state index in [1.54, 1.807) is 4.90 Å². The highest BCUT2D eigenvalue weighted by Gasteiger charge is 2.44. The SMILES string of the molecule is CN(C)C(=O)C[C@@H]1CO[C@@H]2CN(Cc3ccc4c(c3)OCO4)C[C@H]12. The predicted molar refractivity (Wildman–Crippen MR) is 87.9 cm³/mol. The van der Waals surface area contributed by atoms with Gasteiger partial charge in [-0.1, -0.05) is 6.07 Å². The fraction of sp³-hybridized carbons (Fsp3) is 0.611. The average Bonchev–Trinajstić information content (AvgIpc) is 3.24. The van der Waals surface area contributed by atoms with Crippen LogP contribution in [0.1, 0.15) is 12.0 Å². The Balaban J connectivity index is 1.37. The number of carbonyl (C=O) groups is 1. The molecule has 130 valence electrons. The number of benzene rings is 1. The van der Waals surface area contributed by atoms with Crippen LogP contribution in [-0.4, -0.2) is 62.4 Å². The van der Waals surface area contributed by atoms with Gasteiger partial charge in [0, 0.05) is 46.1 Å². The summed E-state index contributed by atoms with van der Waals surface area (Å²) in [6, 6.07) is 6.13. The third-order valence-corrected chi connectivity index (χ3v) is 5.29.